The van der Waals surface area contributed by atoms with E-state index in [1.54, 1.807) is 0 Å². The maximum absolute atomic E-state index is 12.3. The van der Waals surface area contributed by atoms with E-state index in [-0.39, 0.29) is 11.9 Å². The zero-order valence-corrected chi connectivity index (χ0v) is 13.6. The molecule has 2 aliphatic heterocycles. The number of nitrogens with zero attached hydrogens (tertiary/aromatic N) is 2. The molecule has 122 valence electrons. The average Bonchev–Trinajstić information content (AvgIpc) is 2.77. The highest BCUT2D eigenvalue weighted by molar-refractivity contribution is 5.81. The fourth-order valence-electron chi connectivity index (χ4n) is 3.26. The first-order chi connectivity index (χ1) is 10.0. The molecule has 0 saturated carbocycles. The van der Waals surface area contributed by atoms with Crippen LogP contribution in [0.15, 0.2) is 0 Å². The Balaban J connectivity index is 1.77. The van der Waals surface area contributed by atoms with Gasteiger partial charge in [0.2, 0.25) is 5.91 Å². The van der Waals surface area contributed by atoms with Gasteiger partial charge in [-0.05, 0) is 52.7 Å². The molecule has 2 heterocycles. The van der Waals surface area contributed by atoms with Crippen LogP contribution in [0.4, 0.5) is 0 Å². The van der Waals surface area contributed by atoms with Crippen molar-refractivity contribution >= 4 is 5.91 Å². The highest BCUT2D eigenvalue weighted by Crippen LogP contribution is 2.20. The van der Waals surface area contributed by atoms with Gasteiger partial charge in [-0.25, -0.2) is 0 Å². The van der Waals surface area contributed by atoms with Crippen molar-refractivity contribution in [2.24, 2.45) is 0 Å². The first-order valence-corrected chi connectivity index (χ1v) is 8.43. The minimum atomic E-state index is -0.722. The molecule has 2 fully saturated rings. The number of carbonyl (C=O) groups excluding carboxylic acids is 1. The van der Waals surface area contributed by atoms with Crippen molar-refractivity contribution < 1.29 is 9.90 Å². The summed E-state index contributed by atoms with van der Waals surface area (Å²) in [6, 6.07) is -0.0852. The zero-order chi connectivity index (χ0) is 15.3. The standard InChI is InChI=1S/C16H31N3O2/c1-14(19-9-5-3-4-6-10-19)15(20)17-13-16(21)7-11-18(2)12-8-16/h14,21H,3-13H2,1-2H3,(H,17,20)/t14-/m1/s1. The van der Waals surface area contributed by atoms with E-state index in [0.29, 0.717) is 6.54 Å². The topological polar surface area (TPSA) is 55.8 Å². The molecular weight excluding hydrogens is 266 g/mol. The van der Waals surface area contributed by atoms with Crippen molar-refractivity contribution in [3.8, 4) is 0 Å². The molecule has 0 radical (unpaired) electrons. The molecule has 0 unspecified atom stereocenters. The molecule has 0 spiro atoms. The Morgan fingerprint density at radius 1 is 1.14 bits per heavy atom. The Morgan fingerprint density at radius 2 is 1.71 bits per heavy atom. The Hall–Kier alpha value is -0.650. The first kappa shape index (κ1) is 16.7. The lowest BCUT2D eigenvalue weighted by Crippen LogP contribution is -2.53. The van der Waals surface area contributed by atoms with Crippen molar-refractivity contribution in [2.45, 2.75) is 57.1 Å². The van der Waals surface area contributed by atoms with Crippen molar-refractivity contribution in [3.63, 3.8) is 0 Å². The third-order valence-electron chi connectivity index (χ3n) is 5.08. The van der Waals surface area contributed by atoms with E-state index >= 15 is 0 Å². The second-order valence-electron chi connectivity index (χ2n) is 6.87. The predicted octanol–water partition coefficient (Wildman–Crippen LogP) is 0.824. The fraction of sp³-hybridized carbons (Fsp3) is 0.938. The van der Waals surface area contributed by atoms with Crippen molar-refractivity contribution in [3.05, 3.63) is 0 Å². The third kappa shape index (κ3) is 4.94. The molecule has 1 amide bonds. The number of likely N-dealkylation sites (tertiary alicyclic amines) is 2. The summed E-state index contributed by atoms with van der Waals surface area (Å²) >= 11 is 0. The quantitative estimate of drug-likeness (QED) is 0.807. The number of aliphatic hydroxyl groups is 1. The SMILES string of the molecule is C[C@H](C(=O)NCC1(O)CCN(C)CC1)N1CCCCCC1. The number of amides is 1. The molecule has 2 rings (SSSR count). The van der Waals surface area contributed by atoms with Crippen LogP contribution in [0.3, 0.4) is 0 Å². The highest BCUT2D eigenvalue weighted by atomic mass is 16.3. The van der Waals surface area contributed by atoms with Gasteiger partial charge in [-0.15, -0.1) is 0 Å². The van der Waals surface area contributed by atoms with Crippen LogP contribution in [0.25, 0.3) is 0 Å². The molecule has 1 atom stereocenters. The molecule has 2 N–H and O–H groups in total. The van der Waals surface area contributed by atoms with Crippen LogP contribution < -0.4 is 5.32 Å². The van der Waals surface area contributed by atoms with Crippen LogP contribution in [0, 0.1) is 0 Å². The number of hydrogen-bond donors (Lipinski definition) is 2. The Bertz CT molecular complexity index is 332. The molecule has 0 aromatic rings. The van der Waals surface area contributed by atoms with E-state index in [1.165, 1.54) is 25.7 Å². The van der Waals surface area contributed by atoms with Crippen LogP contribution >= 0.6 is 0 Å². The van der Waals surface area contributed by atoms with E-state index in [0.717, 1.165) is 39.0 Å². The van der Waals surface area contributed by atoms with Gasteiger partial charge in [0.05, 0.1) is 11.6 Å². The van der Waals surface area contributed by atoms with E-state index < -0.39 is 5.60 Å². The van der Waals surface area contributed by atoms with E-state index in [4.69, 9.17) is 0 Å². The number of rotatable bonds is 4. The van der Waals surface area contributed by atoms with Crippen molar-refractivity contribution in [2.75, 3.05) is 39.8 Å². The molecule has 0 aromatic heterocycles. The number of piperidine rings is 1. The Kier molecular flexibility index (Phi) is 6.02. The maximum atomic E-state index is 12.3. The molecule has 2 aliphatic rings. The molecule has 0 aromatic carbocycles. The van der Waals surface area contributed by atoms with Gasteiger partial charge in [0.25, 0.3) is 0 Å². The summed E-state index contributed by atoms with van der Waals surface area (Å²) in [6.07, 6.45) is 6.40. The van der Waals surface area contributed by atoms with Crippen molar-refractivity contribution in [1.82, 2.24) is 15.1 Å². The molecule has 2 saturated heterocycles. The van der Waals surface area contributed by atoms with E-state index in [2.05, 4.69) is 22.2 Å². The summed E-state index contributed by atoms with van der Waals surface area (Å²) in [6.45, 7) is 6.20. The minimum Gasteiger partial charge on any atom is -0.388 e. The summed E-state index contributed by atoms with van der Waals surface area (Å²) in [4.78, 5) is 16.8. The van der Waals surface area contributed by atoms with Crippen LogP contribution in [0.2, 0.25) is 0 Å². The van der Waals surface area contributed by atoms with E-state index in [9.17, 15) is 9.90 Å². The number of hydrogen-bond acceptors (Lipinski definition) is 4. The fourth-order valence-corrected chi connectivity index (χ4v) is 3.26. The molecule has 5 nitrogen and oxygen atoms in total. The minimum absolute atomic E-state index is 0.0595. The second kappa shape index (κ2) is 7.56. The van der Waals surface area contributed by atoms with Gasteiger partial charge in [0, 0.05) is 19.6 Å². The van der Waals surface area contributed by atoms with Gasteiger partial charge in [0.15, 0.2) is 0 Å². The smallest absolute Gasteiger partial charge is 0.237 e. The normalized spacial score (nSPS) is 26.0. The predicted molar refractivity (Wildman–Crippen MR) is 84.2 cm³/mol. The van der Waals surface area contributed by atoms with Gasteiger partial charge in [-0.1, -0.05) is 12.8 Å². The summed E-state index contributed by atoms with van der Waals surface area (Å²) in [5.74, 6) is 0.0595. The highest BCUT2D eigenvalue weighted by Gasteiger charge is 2.32. The lowest BCUT2D eigenvalue weighted by Gasteiger charge is -2.37. The Labute approximate surface area is 128 Å². The van der Waals surface area contributed by atoms with Gasteiger partial charge >= 0.3 is 0 Å². The summed E-state index contributed by atoms with van der Waals surface area (Å²) in [7, 11) is 2.07. The van der Waals surface area contributed by atoms with Crippen LogP contribution in [-0.4, -0.2) is 72.2 Å². The second-order valence-corrected chi connectivity index (χ2v) is 6.87. The number of nitrogens with one attached hydrogen (secondary N) is 1. The van der Waals surface area contributed by atoms with Gasteiger partial charge in [-0.3, -0.25) is 9.69 Å². The molecular formula is C16H31N3O2. The van der Waals surface area contributed by atoms with Gasteiger partial charge in [-0.2, -0.15) is 0 Å². The summed E-state index contributed by atoms with van der Waals surface area (Å²) in [5, 5.41) is 13.5. The van der Waals surface area contributed by atoms with Crippen LogP contribution in [0.5, 0.6) is 0 Å². The van der Waals surface area contributed by atoms with Crippen LogP contribution in [-0.2, 0) is 4.79 Å². The van der Waals surface area contributed by atoms with Crippen LogP contribution in [0.1, 0.15) is 45.4 Å². The Morgan fingerprint density at radius 3 is 2.29 bits per heavy atom. The van der Waals surface area contributed by atoms with E-state index in [1.807, 2.05) is 6.92 Å². The summed E-state index contributed by atoms with van der Waals surface area (Å²) < 4.78 is 0. The zero-order valence-electron chi connectivity index (χ0n) is 13.6. The molecule has 0 aliphatic carbocycles. The molecule has 21 heavy (non-hydrogen) atoms. The van der Waals surface area contributed by atoms with Crippen molar-refractivity contribution in [1.29, 1.82) is 0 Å². The monoisotopic (exact) mass is 297 g/mol. The lowest BCUT2D eigenvalue weighted by atomic mass is 9.91. The lowest BCUT2D eigenvalue weighted by molar-refractivity contribution is -0.127. The summed E-state index contributed by atoms with van der Waals surface area (Å²) in [5.41, 5.74) is -0.722. The molecule has 5 heteroatoms. The third-order valence-corrected chi connectivity index (χ3v) is 5.08. The average molecular weight is 297 g/mol. The number of carbonyl (C=O) groups is 1. The van der Waals surface area contributed by atoms with Gasteiger partial charge < -0.3 is 15.3 Å². The molecule has 0 bridgehead atoms. The maximum Gasteiger partial charge on any atom is 0.237 e. The largest absolute Gasteiger partial charge is 0.388 e. The first-order valence-electron chi connectivity index (χ1n) is 8.43. The van der Waals surface area contributed by atoms with Gasteiger partial charge in [0.1, 0.15) is 0 Å².